The highest BCUT2D eigenvalue weighted by Crippen LogP contribution is 2.15. The highest BCUT2D eigenvalue weighted by atomic mass is 16.5. The third kappa shape index (κ3) is 12.9. The molecule has 1 saturated heterocycles. The van der Waals surface area contributed by atoms with Gasteiger partial charge in [0.2, 0.25) is 0 Å². The van der Waals surface area contributed by atoms with Crippen LogP contribution in [0.15, 0.2) is 0 Å². The topological polar surface area (TPSA) is 35.5 Å². The van der Waals surface area contributed by atoms with Crippen molar-refractivity contribution >= 4 is 0 Å². The third-order valence-electron chi connectivity index (χ3n) is 4.98. The molecule has 3 heteroatoms. The highest BCUT2D eigenvalue weighted by molar-refractivity contribution is 4.71. The number of ether oxygens (including phenoxy) is 1. The summed E-state index contributed by atoms with van der Waals surface area (Å²) in [6.07, 6.45) is 20.8. The van der Waals surface area contributed by atoms with Crippen LogP contribution in [0.3, 0.4) is 0 Å². The number of unbranched alkanes of at least 4 members (excludes halogenated alkanes) is 13. The number of hydrogen-bond donors (Lipinski definition) is 0. The summed E-state index contributed by atoms with van der Waals surface area (Å²) >= 11 is 0. The van der Waals surface area contributed by atoms with Crippen molar-refractivity contribution in [3.8, 4) is 0 Å². The van der Waals surface area contributed by atoms with Gasteiger partial charge in [-0.25, -0.2) is 0 Å². The Morgan fingerprint density at radius 1 is 0.783 bits per heavy atom. The van der Waals surface area contributed by atoms with Crippen molar-refractivity contribution < 1.29 is 4.74 Å². The van der Waals surface area contributed by atoms with Gasteiger partial charge in [-0.15, -0.1) is 0 Å². The summed E-state index contributed by atoms with van der Waals surface area (Å²) < 4.78 is 5.62. The monoisotopic (exact) mass is 326 g/mol. The maximum atomic E-state index is 11.3. The Kier molecular flexibility index (Phi) is 14.0. The number of hydrogen-bond acceptors (Lipinski definition) is 3. The predicted octanol–water partition coefficient (Wildman–Crippen LogP) is 6.06. The molecule has 3 nitrogen and oxygen atoms in total. The van der Waals surface area contributed by atoms with Crippen LogP contribution in [-0.4, -0.2) is 30.9 Å². The zero-order chi connectivity index (χ0) is 16.6. The average Bonchev–Trinajstić information content (AvgIpc) is 2.55. The van der Waals surface area contributed by atoms with Gasteiger partial charge in [-0.1, -0.05) is 96.8 Å². The van der Waals surface area contributed by atoms with Crippen molar-refractivity contribution in [1.29, 1.82) is 0 Å². The molecule has 0 N–H and O–H groups in total. The van der Waals surface area contributed by atoms with Crippen LogP contribution >= 0.6 is 0 Å². The maximum absolute atomic E-state index is 11.3. The van der Waals surface area contributed by atoms with Gasteiger partial charge in [0.1, 0.15) is 0 Å². The molecule has 1 heterocycles. The van der Waals surface area contributed by atoms with Crippen LogP contribution < -0.4 is 0 Å². The van der Waals surface area contributed by atoms with E-state index in [1.54, 1.807) is 0 Å². The zero-order valence-electron chi connectivity index (χ0n) is 15.6. The molecule has 1 aliphatic rings. The van der Waals surface area contributed by atoms with E-state index in [-0.39, 0.29) is 6.10 Å². The zero-order valence-corrected chi connectivity index (χ0v) is 15.6. The van der Waals surface area contributed by atoms with Crippen LogP contribution in [0, 0.1) is 5.21 Å². The molecule has 0 aromatic carbocycles. The molecule has 1 aliphatic heterocycles. The molecule has 0 amide bonds. The molecule has 0 bridgehead atoms. The fraction of sp³-hybridized carbons (Fsp3) is 1.00. The minimum Gasteiger partial charge on any atom is -0.785 e. The Labute approximate surface area is 144 Å². The fourth-order valence-corrected chi connectivity index (χ4v) is 3.43. The first-order chi connectivity index (χ1) is 11.3. The van der Waals surface area contributed by atoms with Gasteiger partial charge in [-0.05, 0) is 6.42 Å². The first-order valence-corrected chi connectivity index (χ1v) is 10.4. The summed E-state index contributed by atoms with van der Waals surface area (Å²) in [4.78, 5) is 0. The van der Waals surface area contributed by atoms with E-state index in [0.717, 1.165) is 11.5 Å². The average molecular weight is 327 g/mol. The first kappa shape index (κ1) is 20.9. The standard InChI is InChI=1S/C20H40NO2/c1-2-3-4-5-6-7-8-9-10-11-12-13-14-15-16-20-19-21(22)17-18-23-20/h20H,2-19H2,1H3/q-1. The molecule has 0 radical (unpaired) electrons. The van der Waals surface area contributed by atoms with E-state index in [2.05, 4.69) is 6.92 Å². The van der Waals surface area contributed by atoms with Crippen molar-refractivity contribution in [3.63, 3.8) is 0 Å². The molecule has 23 heavy (non-hydrogen) atoms. The van der Waals surface area contributed by atoms with Gasteiger partial charge in [0.05, 0.1) is 12.7 Å². The van der Waals surface area contributed by atoms with Gasteiger partial charge in [0, 0.05) is 13.1 Å². The molecular formula is C20H40NO2-. The van der Waals surface area contributed by atoms with E-state index in [1.807, 2.05) is 0 Å². The van der Waals surface area contributed by atoms with Crippen molar-refractivity contribution in [2.75, 3.05) is 19.7 Å². The molecule has 0 saturated carbocycles. The van der Waals surface area contributed by atoms with Crippen molar-refractivity contribution in [2.24, 2.45) is 0 Å². The molecule has 1 atom stereocenters. The van der Waals surface area contributed by atoms with Crippen LogP contribution in [0.2, 0.25) is 0 Å². The van der Waals surface area contributed by atoms with E-state index in [0.29, 0.717) is 19.7 Å². The van der Waals surface area contributed by atoms with E-state index >= 15 is 0 Å². The first-order valence-electron chi connectivity index (χ1n) is 10.4. The van der Waals surface area contributed by atoms with E-state index in [9.17, 15) is 5.21 Å². The van der Waals surface area contributed by atoms with E-state index in [1.165, 1.54) is 89.9 Å². The summed E-state index contributed by atoms with van der Waals surface area (Å²) in [7, 11) is 0. The molecule has 0 spiro atoms. The Balaban J connectivity index is 1.71. The van der Waals surface area contributed by atoms with Gasteiger partial charge < -0.3 is 15.0 Å². The summed E-state index contributed by atoms with van der Waals surface area (Å²) in [6.45, 7) is 4.03. The second-order valence-corrected chi connectivity index (χ2v) is 7.27. The number of morpholine rings is 1. The lowest BCUT2D eigenvalue weighted by molar-refractivity contribution is -0.0174. The fourth-order valence-electron chi connectivity index (χ4n) is 3.43. The lowest BCUT2D eigenvalue weighted by Crippen LogP contribution is -2.38. The van der Waals surface area contributed by atoms with Crippen LogP contribution in [0.1, 0.15) is 103 Å². The number of hydroxylamine groups is 2. The lowest BCUT2D eigenvalue weighted by atomic mass is 10.0. The van der Waals surface area contributed by atoms with Crippen LogP contribution in [0.4, 0.5) is 0 Å². The van der Waals surface area contributed by atoms with Crippen molar-refractivity contribution in [3.05, 3.63) is 5.21 Å². The third-order valence-corrected chi connectivity index (χ3v) is 4.98. The minimum absolute atomic E-state index is 0.193. The van der Waals surface area contributed by atoms with E-state index in [4.69, 9.17) is 4.74 Å². The summed E-state index contributed by atoms with van der Waals surface area (Å²) in [5, 5.41) is 12.4. The summed E-state index contributed by atoms with van der Waals surface area (Å²) in [6, 6.07) is 0. The second-order valence-electron chi connectivity index (χ2n) is 7.27. The largest absolute Gasteiger partial charge is 0.785 e. The highest BCUT2D eigenvalue weighted by Gasteiger charge is 2.14. The summed E-state index contributed by atoms with van der Waals surface area (Å²) in [5.41, 5.74) is 0. The van der Waals surface area contributed by atoms with Crippen molar-refractivity contribution in [1.82, 2.24) is 5.06 Å². The quantitative estimate of drug-likeness (QED) is 0.343. The Morgan fingerprint density at radius 3 is 1.74 bits per heavy atom. The predicted molar refractivity (Wildman–Crippen MR) is 99.6 cm³/mol. The SMILES string of the molecule is CCCCCCCCCCCCCCCCC1CN([O-])CCO1. The number of rotatable bonds is 15. The summed E-state index contributed by atoms with van der Waals surface area (Å²) in [5.74, 6) is 0. The minimum atomic E-state index is 0.193. The van der Waals surface area contributed by atoms with Gasteiger partial charge in [-0.3, -0.25) is 0 Å². The lowest BCUT2D eigenvalue weighted by Gasteiger charge is -2.37. The number of nitrogens with zero attached hydrogens (tertiary/aromatic N) is 1. The van der Waals surface area contributed by atoms with Crippen LogP contribution in [-0.2, 0) is 4.74 Å². The smallest absolute Gasteiger partial charge is 0.0693 e. The van der Waals surface area contributed by atoms with Gasteiger partial charge in [0.15, 0.2) is 0 Å². The molecular weight excluding hydrogens is 286 g/mol. The molecule has 1 unspecified atom stereocenters. The van der Waals surface area contributed by atoms with Crippen LogP contribution in [0.25, 0.3) is 0 Å². The molecule has 0 aromatic heterocycles. The van der Waals surface area contributed by atoms with Gasteiger partial charge in [0.25, 0.3) is 0 Å². The maximum Gasteiger partial charge on any atom is 0.0693 e. The van der Waals surface area contributed by atoms with Gasteiger partial charge >= 0.3 is 0 Å². The second kappa shape index (κ2) is 15.4. The van der Waals surface area contributed by atoms with Gasteiger partial charge in [-0.2, -0.15) is 0 Å². The Hall–Kier alpha value is -0.120. The Bertz CT molecular complexity index is 248. The van der Waals surface area contributed by atoms with Crippen molar-refractivity contribution in [2.45, 2.75) is 109 Å². The Morgan fingerprint density at radius 2 is 1.26 bits per heavy atom. The normalized spacial score (nSPS) is 19.3. The molecule has 0 aromatic rings. The molecule has 1 fully saturated rings. The van der Waals surface area contributed by atoms with E-state index < -0.39 is 0 Å². The molecule has 138 valence electrons. The molecule has 1 rings (SSSR count). The molecule has 0 aliphatic carbocycles. The van der Waals surface area contributed by atoms with Crippen LogP contribution in [0.5, 0.6) is 0 Å².